The van der Waals surface area contributed by atoms with Gasteiger partial charge in [0.1, 0.15) is 5.54 Å². The Morgan fingerprint density at radius 1 is 0.881 bits per heavy atom. The second-order valence-electron chi connectivity index (χ2n) is 10.9. The molecular formula is C34H41N3O5. The highest BCUT2D eigenvalue weighted by Gasteiger charge is 2.36. The summed E-state index contributed by atoms with van der Waals surface area (Å²) in [7, 11) is 3.26. The molecule has 0 fully saturated rings. The highest BCUT2D eigenvalue weighted by molar-refractivity contribution is 6.16. The van der Waals surface area contributed by atoms with Crippen LogP contribution in [-0.4, -0.2) is 73.0 Å². The molecular weight excluding hydrogens is 530 g/mol. The number of hydrogen-bond donors (Lipinski definition) is 0. The van der Waals surface area contributed by atoms with Crippen molar-refractivity contribution >= 4 is 39.3 Å². The number of aryl methyl sites for hydroxylation is 2. The van der Waals surface area contributed by atoms with Gasteiger partial charge >= 0.3 is 5.97 Å². The predicted molar refractivity (Wildman–Crippen MR) is 167 cm³/mol. The first-order valence-corrected chi connectivity index (χ1v) is 14.3. The summed E-state index contributed by atoms with van der Waals surface area (Å²) in [5, 5.41) is 6.23. The smallest absolute Gasteiger partial charge is 0.354 e. The molecule has 3 aromatic carbocycles. The van der Waals surface area contributed by atoms with Crippen LogP contribution in [0.1, 0.15) is 54.7 Å². The van der Waals surface area contributed by atoms with Gasteiger partial charge < -0.3 is 18.9 Å². The molecule has 0 saturated carbocycles. The fraction of sp³-hybridized carbons (Fsp3) is 0.382. The minimum atomic E-state index is -0.931. The van der Waals surface area contributed by atoms with E-state index in [2.05, 4.69) is 22.7 Å². The van der Waals surface area contributed by atoms with Crippen molar-refractivity contribution in [1.29, 1.82) is 0 Å². The van der Waals surface area contributed by atoms with Crippen LogP contribution in [0.15, 0.2) is 65.8 Å². The first kappa shape index (κ1) is 31.1. The maximum atomic E-state index is 13.4. The van der Waals surface area contributed by atoms with Crippen LogP contribution in [0.4, 0.5) is 0 Å². The Labute approximate surface area is 247 Å². The molecule has 4 aromatic rings. The van der Waals surface area contributed by atoms with E-state index in [4.69, 9.17) is 14.3 Å². The highest BCUT2D eigenvalue weighted by atomic mass is 16.7. The SMILES string of the molecule is CCn1c2ccc(C(=O)c3ccccc3C)cc2c2cc(C(C)=NOC(=O)C(C)(C)N(CCOC)CCOC)ccc21. The molecule has 8 heteroatoms. The molecule has 1 heterocycles. The maximum absolute atomic E-state index is 13.4. The average Bonchev–Trinajstić information content (AvgIpc) is 3.31. The van der Waals surface area contributed by atoms with Crippen molar-refractivity contribution in [2.24, 2.45) is 5.16 Å². The van der Waals surface area contributed by atoms with E-state index < -0.39 is 11.5 Å². The summed E-state index contributed by atoms with van der Waals surface area (Å²) in [5.74, 6) is -0.460. The summed E-state index contributed by atoms with van der Waals surface area (Å²) in [6, 6.07) is 19.6. The number of nitrogens with zero attached hydrogens (tertiary/aromatic N) is 3. The van der Waals surface area contributed by atoms with Crippen molar-refractivity contribution in [3.8, 4) is 0 Å². The summed E-state index contributed by atoms with van der Waals surface area (Å²) < 4.78 is 12.7. The van der Waals surface area contributed by atoms with Crippen LogP contribution in [0.2, 0.25) is 0 Å². The zero-order chi connectivity index (χ0) is 30.4. The molecule has 0 bridgehead atoms. The number of fused-ring (bicyclic) bond motifs is 3. The van der Waals surface area contributed by atoms with Gasteiger partial charge in [0.05, 0.1) is 18.9 Å². The number of rotatable bonds is 13. The van der Waals surface area contributed by atoms with Gasteiger partial charge in [-0.05, 0) is 76.1 Å². The first-order valence-electron chi connectivity index (χ1n) is 14.3. The van der Waals surface area contributed by atoms with E-state index in [0.29, 0.717) is 43.1 Å². The molecule has 0 spiro atoms. The van der Waals surface area contributed by atoms with E-state index >= 15 is 0 Å². The van der Waals surface area contributed by atoms with Gasteiger partial charge in [0.15, 0.2) is 5.78 Å². The van der Waals surface area contributed by atoms with Crippen LogP contribution >= 0.6 is 0 Å². The molecule has 1 aromatic heterocycles. The number of ether oxygens (including phenoxy) is 2. The van der Waals surface area contributed by atoms with Crippen LogP contribution < -0.4 is 0 Å². The van der Waals surface area contributed by atoms with E-state index in [-0.39, 0.29) is 5.78 Å². The lowest BCUT2D eigenvalue weighted by atomic mass is 9.97. The van der Waals surface area contributed by atoms with Crippen LogP contribution in [0.3, 0.4) is 0 Å². The molecule has 0 radical (unpaired) electrons. The zero-order valence-corrected chi connectivity index (χ0v) is 25.7. The van der Waals surface area contributed by atoms with Gasteiger partial charge in [0.25, 0.3) is 0 Å². The fourth-order valence-electron chi connectivity index (χ4n) is 5.27. The van der Waals surface area contributed by atoms with Gasteiger partial charge in [0, 0.05) is 66.8 Å². The van der Waals surface area contributed by atoms with Gasteiger partial charge in [-0.25, -0.2) is 4.79 Å². The lowest BCUT2D eigenvalue weighted by Gasteiger charge is -2.35. The second-order valence-corrected chi connectivity index (χ2v) is 10.9. The van der Waals surface area contributed by atoms with E-state index in [9.17, 15) is 9.59 Å². The number of methoxy groups -OCH3 is 2. The standard InChI is InChI=1S/C34H41N3O5/c1-8-37-30-15-13-25(24(3)35-42-33(39)34(4,5)36(17-19-40-6)18-20-41-7)21-28(30)29-22-26(14-16-31(29)37)32(38)27-12-10-9-11-23(27)2/h9-16,21-22H,8,17-20H2,1-7H3. The van der Waals surface area contributed by atoms with Crippen LogP contribution in [-0.2, 0) is 25.7 Å². The summed E-state index contributed by atoms with van der Waals surface area (Å²) in [4.78, 5) is 34.0. The first-order chi connectivity index (χ1) is 20.1. The minimum absolute atomic E-state index is 0.000801. The van der Waals surface area contributed by atoms with Crippen molar-refractivity contribution in [3.05, 3.63) is 82.9 Å². The third-order valence-electron chi connectivity index (χ3n) is 7.94. The number of ketones is 1. The van der Waals surface area contributed by atoms with Gasteiger partial charge in [-0.3, -0.25) is 9.69 Å². The Kier molecular flexibility index (Phi) is 9.93. The van der Waals surface area contributed by atoms with Crippen LogP contribution in [0, 0.1) is 6.92 Å². The normalized spacial score (nSPS) is 12.4. The molecule has 4 rings (SSSR count). The predicted octanol–water partition coefficient (Wildman–Crippen LogP) is 5.99. The molecule has 0 saturated heterocycles. The molecule has 0 aliphatic carbocycles. The Hall–Kier alpha value is -3.85. The van der Waals surface area contributed by atoms with E-state index in [0.717, 1.165) is 39.5 Å². The average molecular weight is 572 g/mol. The summed E-state index contributed by atoms with van der Waals surface area (Å²) in [6.45, 7) is 12.4. The van der Waals surface area contributed by atoms with Crippen molar-refractivity contribution in [1.82, 2.24) is 9.47 Å². The Bertz CT molecular complexity index is 1610. The largest absolute Gasteiger partial charge is 0.383 e. The lowest BCUT2D eigenvalue weighted by molar-refractivity contribution is -0.157. The number of aromatic nitrogens is 1. The van der Waals surface area contributed by atoms with Gasteiger partial charge in [-0.15, -0.1) is 0 Å². The number of carbonyl (C=O) groups is 2. The lowest BCUT2D eigenvalue weighted by Crippen LogP contribution is -2.52. The third-order valence-corrected chi connectivity index (χ3v) is 7.94. The second kappa shape index (κ2) is 13.4. The van der Waals surface area contributed by atoms with Crippen molar-refractivity contribution in [2.45, 2.75) is 46.7 Å². The highest BCUT2D eigenvalue weighted by Crippen LogP contribution is 2.32. The zero-order valence-electron chi connectivity index (χ0n) is 25.7. The van der Waals surface area contributed by atoms with Crippen LogP contribution in [0.5, 0.6) is 0 Å². The third kappa shape index (κ3) is 6.31. The summed E-state index contributed by atoms with van der Waals surface area (Å²) in [6.07, 6.45) is 0. The molecule has 0 unspecified atom stereocenters. The van der Waals surface area contributed by atoms with E-state index in [1.165, 1.54) is 0 Å². The van der Waals surface area contributed by atoms with E-state index in [1.807, 2.05) is 87.2 Å². The van der Waals surface area contributed by atoms with E-state index in [1.54, 1.807) is 14.2 Å². The monoisotopic (exact) mass is 571 g/mol. The molecule has 0 amide bonds. The molecule has 0 aliphatic heterocycles. The number of hydrogen-bond acceptors (Lipinski definition) is 7. The summed E-state index contributed by atoms with van der Waals surface area (Å²) in [5.41, 5.74) is 4.89. The number of oxime groups is 1. The quantitative estimate of drug-likeness (QED) is 0.0848. The molecule has 42 heavy (non-hydrogen) atoms. The van der Waals surface area contributed by atoms with Gasteiger partial charge in [-0.1, -0.05) is 35.5 Å². The molecule has 222 valence electrons. The fourth-order valence-corrected chi connectivity index (χ4v) is 5.27. The Morgan fingerprint density at radius 3 is 2.02 bits per heavy atom. The molecule has 0 atom stereocenters. The van der Waals surface area contributed by atoms with Crippen LogP contribution in [0.25, 0.3) is 21.8 Å². The van der Waals surface area contributed by atoms with Gasteiger partial charge in [-0.2, -0.15) is 0 Å². The van der Waals surface area contributed by atoms with Crippen molar-refractivity contribution in [2.75, 3.05) is 40.5 Å². The van der Waals surface area contributed by atoms with Crippen molar-refractivity contribution < 1.29 is 23.9 Å². The Morgan fingerprint density at radius 2 is 1.45 bits per heavy atom. The topological polar surface area (TPSA) is 82.4 Å². The molecule has 0 N–H and O–H groups in total. The minimum Gasteiger partial charge on any atom is -0.383 e. The summed E-state index contributed by atoms with van der Waals surface area (Å²) >= 11 is 0. The molecule has 0 aliphatic rings. The molecule has 8 nitrogen and oxygen atoms in total. The van der Waals surface area contributed by atoms with Crippen molar-refractivity contribution in [3.63, 3.8) is 0 Å². The number of carbonyl (C=O) groups excluding carboxylic acids is 2. The maximum Gasteiger partial charge on any atom is 0.354 e. The number of benzene rings is 3. The van der Waals surface area contributed by atoms with Gasteiger partial charge in [0.2, 0.25) is 0 Å². The Balaban J connectivity index is 1.66.